The number of nitrogens with one attached hydrogen (secondary N) is 1. The molecule has 0 radical (unpaired) electrons. The molecule has 0 spiro atoms. The van der Waals surface area contributed by atoms with Crippen LogP contribution in [-0.2, 0) is 0 Å². The molecule has 2 saturated heterocycles. The minimum atomic E-state index is 0. The summed E-state index contributed by atoms with van der Waals surface area (Å²) in [6.45, 7) is 9.39. The lowest BCUT2D eigenvalue weighted by molar-refractivity contribution is 0.0586. The number of halogens is 1. The van der Waals surface area contributed by atoms with Gasteiger partial charge in [-0.25, -0.2) is 4.68 Å². The molecule has 0 bridgehead atoms. The Morgan fingerprint density at radius 1 is 1.23 bits per heavy atom. The molecule has 1 amide bonds. The molecular formula is C19H34ClN5O. The van der Waals surface area contributed by atoms with Crippen LogP contribution in [0.25, 0.3) is 0 Å². The Morgan fingerprint density at radius 3 is 2.65 bits per heavy atom. The molecule has 0 aliphatic carbocycles. The lowest BCUT2D eigenvalue weighted by atomic mass is 9.94. The molecule has 2 aliphatic rings. The van der Waals surface area contributed by atoms with Crippen LogP contribution in [0.15, 0.2) is 0 Å². The maximum absolute atomic E-state index is 13.2. The lowest BCUT2D eigenvalue weighted by Gasteiger charge is -2.36. The zero-order valence-corrected chi connectivity index (χ0v) is 17.2. The summed E-state index contributed by atoms with van der Waals surface area (Å²) in [7, 11) is 0. The maximum Gasteiger partial charge on any atom is 0.276 e. The van der Waals surface area contributed by atoms with E-state index in [1.165, 1.54) is 12.8 Å². The highest BCUT2D eigenvalue weighted by molar-refractivity contribution is 5.93. The maximum atomic E-state index is 13.2. The smallest absolute Gasteiger partial charge is 0.276 e. The van der Waals surface area contributed by atoms with Gasteiger partial charge in [-0.15, -0.1) is 17.5 Å². The van der Waals surface area contributed by atoms with Gasteiger partial charge in [0.2, 0.25) is 0 Å². The van der Waals surface area contributed by atoms with Gasteiger partial charge in [0, 0.05) is 12.6 Å². The molecule has 7 heteroatoms. The van der Waals surface area contributed by atoms with E-state index in [0.717, 1.165) is 57.4 Å². The first-order valence-corrected chi connectivity index (χ1v) is 10.0. The van der Waals surface area contributed by atoms with Gasteiger partial charge in [0.25, 0.3) is 5.91 Å². The van der Waals surface area contributed by atoms with Gasteiger partial charge in [0.1, 0.15) is 0 Å². The lowest BCUT2D eigenvalue weighted by Crippen LogP contribution is -2.44. The van der Waals surface area contributed by atoms with Crippen LogP contribution in [0.5, 0.6) is 0 Å². The Hall–Kier alpha value is -1.14. The van der Waals surface area contributed by atoms with Gasteiger partial charge in [0.05, 0.1) is 11.7 Å². The standard InChI is InChI=1S/C19H33N5O.ClH/c1-14(2)7-8-16-6-4-5-13-23(16)19(25)18-15(3)24(22-21-18)17-9-11-20-12-10-17;/h14,16-17,20H,4-13H2,1-3H3;1H. The van der Waals surface area contributed by atoms with Gasteiger partial charge in [-0.1, -0.05) is 19.1 Å². The van der Waals surface area contributed by atoms with Crippen molar-refractivity contribution in [1.82, 2.24) is 25.2 Å². The average molecular weight is 384 g/mol. The van der Waals surface area contributed by atoms with E-state index in [9.17, 15) is 4.79 Å². The van der Waals surface area contributed by atoms with Gasteiger partial charge in [0.15, 0.2) is 5.69 Å². The molecule has 1 atom stereocenters. The molecule has 2 aliphatic heterocycles. The van der Waals surface area contributed by atoms with E-state index in [1.54, 1.807) is 0 Å². The van der Waals surface area contributed by atoms with Crippen molar-refractivity contribution < 1.29 is 4.79 Å². The third kappa shape index (κ3) is 4.77. The second kappa shape index (κ2) is 9.70. The Morgan fingerprint density at radius 2 is 1.96 bits per heavy atom. The normalized spacial score (nSPS) is 21.7. The van der Waals surface area contributed by atoms with Crippen molar-refractivity contribution in [2.24, 2.45) is 5.92 Å². The molecule has 1 unspecified atom stereocenters. The Labute approximate surface area is 163 Å². The molecule has 1 N–H and O–H groups in total. The second-order valence-electron chi connectivity index (χ2n) is 8.07. The zero-order valence-electron chi connectivity index (χ0n) is 16.4. The second-order valence-corrected chi connectivity index (χ2v) is 8.07. The third-order valence-corrected chi connectivity index (χ3v) is 5.75. The molecule has 0 aromatic carbocycles. The van der Waals surface area contributed by atoms with E-state index in [2.05, 4.69) is 34.4 Å². The molecule has 1 aromatic rings. The molecular weight excluding hydrogens is 350 g/mol. The minimum absolute atomic E-state index is 0. The molecule has 26 heavy (non-hydrogen) atoms. The van der Waals surface area contributed by atoms with Crippen molar-refractivity contribution >= 4 is 18.3 Å². The fraction of sp³-hybridized carbons (Fsp3) is 0.842. The number of aromatic nitrogens is 3. The van der Waals surface area contributed by atoms with Crippen molar-refractivity contribution in [3.8, 4) is 0 Å². The van der Waals surface area contributed by atoms with Crippen LogP contribution < -0.4 is 5.32 Å². The van der Waals surface area contributed by atoms with Gasteiger partial charge < -0.3 is 10.2 Å². The van der Waals surface area contributed by atoms with Crippen molar-refractivity contribution in [2.45, 2.75) is 77.8 Å². The van der Waals surface area contributed by atoms with Crippen LogP contribution in [0.3, 0.4) is 0 Å². The van der Waals surface area contributed by atoms with Crippen molar-refractivity contribution in [3.05, 3.63) is 11.4 Å². The van der Waals surface area contributed by atoms with Crippen molar-refractivity contribution in [3.63, 3.8) is 0 Å². The van der Waals surface area contributed by atoms with Crippen LogP contribution in [0.1, 0.15) is 81.0 Å². The Balaban J connectivity index is 0.00000243. The van der Waals surface area contributed by atoms with Gasteiger partial charge in [-0.2, -0.15) is 0 Å². The highest BCUT2D eigenvalue weighted by Crippen LogP contribution is 2.26. The third-order valence-electron chi connectivity index (χ3n) is 5.75. The number of carbonyl (C=O) groups is 1. The first-order chi connectivity index (χ1) is 12.1. The number of rotatable bonds is 5. The zero-order chi connectivity index (χ0) is 17.8. The first kappa shape index (κ1) is 21.2. The predicted octanol–water partition coefficient (Wildman–Crippen LogP) is 3.36. The summed E-state index contributed by atoms with van der Waals surface area (Å²) in [6, 6.07) is 0.737. The summed E-state index contributed by atoms with van der Waals surface area (Å²) < 4.78 is 1.99. The molecule has 2 fully saturated rings. The fourth-order valence-electron chi connectivity index (χ4n) is 4.17. The van der Waals surface area contributed by atoms with Crippen LogP contribution >= 0.6 is 12.4 Å². The topological polar surface area (TPSA) is 63.1 Å². The van der Waals surface area contributed by atoms with Crippen LogP contribution in [0.4, 0.5) is 0 Å². The van der Waals surface area contributed by atoms with Gasteiger partial charge in [-0.05, 0) is 70.9 Å². The van der Waals surface area contributed by atoms with E-state index < -0.39 is 0 Å². The summed E-state index contributed by atoms with van der Waals surface area (Å²) in [5.74, 6) is 0.771. The molecule has 148 valence electrons. The molecule has 3 rings (SSSR count). The van der Waals surface area contributed by atoms with Crippen molar-refractivity contribution in [2.75, 3.05) is 19.6 Å². The first-order valence-electron chi connectivity index (χ1n) is 10.0. The largest absolute Gasteiger partial charge is 0.334 e. The summed E-state index contributed by atoms with van der Waals surface area (Å²) in [4.78, 5) is 15.2. The monoisotopic (exact) mass is 383 g/mol. The van der Waals surface area contributed by atoms with E-state index in [0.29, 0.717) is 23.7 Å². The predicted molar refractivity (Wildman–Crippen MR) is 106 cm³/mol. The molecule has 6 nitrogen and oxygen atoms in total. The van der Waals surface area contributed by atoms with Crippen LogP contribution in [0, 0.1) is 12.8 Å². The number of hydrogen-bond acceptors (Lipinski definition) is 4. The number of nitrogens with zero attached hydrogens (tertiary/aromatic N) is 4. The average Bonchev–Trinajstić information content (AvgIpc) is 3.02. The number of likely N-dealkylation sites (tertiary alicyclic amines) is 1. The van der Waals surface area contributed by atoms with Gasteiger partial charge in [-0.3, -0.25) is 4.79 Å². The molecule has 1 aromatic heterocycles. The van der Waals surface area contributed by atoms with E-state index in [4.69, 9.17) is 0 Å². The number of hydrogen-bond donors (Lipinski definition) is 1. The Bertz CT molecular complexity index is 582. The van der Waals surface area contributed by atoms with Gasteiger partial charge >= 0.3 is 0 Å². The summed E-state index contributed by atoms with van der Waals surface area (Å²) in [5.41, 5.74) is 1.50. The minimum Gasteiger partial charge on any atom is -0.334 e. The highest BCUT2D eigenvalue weighted by Gasteiger charge is 2.31. The number of amides is 1. The van der Waals surface area contributed by atoms with E-state index in [1.807, 2.05) is 11.6 Å². The highest BCUT2D eigenvalue weighted by atomic mass is 35.5. The summed E-state index contributed by atoms with van der Waals surface area (Å²) >= 11 is 0. The SMILES string of the molecule is Cc1c(C(=O)N2CCCCC2CCC(C)C)nnn1C1CCNCC1.Cl. The van der Waals surface area contributed by atoms with Crippen LogP contribution in [0.2, 0.25) is 0 Å². The molecule has 3 heterocycles. The fourth-order valence-corrected chi connectivity index (χ4v) is 4.17. The Kier molecular flexibility index (Phi) is 7.89. The molecule has 0 saturated carbocycles. The summed E-state index contributed by atoms with van der Waals surface area (Å²) in [5, 5.41) is 12.0. The number of piperidine rings is 2. The summed E-state index contributed by atoms with van der Waals surface area (Å²) in [6.07, 6.45) is 7.84. The quantitative estimate of drug-likeness (QED) is 0.846. The van der Waals surface area contributed by atoms with E-state index in [-0.39, 0.29) is 18.3 Å². The van der Waals surface area contributed by atoms with Crippen LogP contribution in [-0.4, -0.2) is 51.5 Å². The van der Waals surface area contributed by atoms with E-state index >= 15 is 0 Å². The number of carbonyl (C=O) groups excluding carboxylic acids is 1. The van der Waals surface area contributed by atoms with Crippen molar-refractivity contribution in [1.29, 1.82) is 0 Å².